The maximum Gasteiger partial charge on any atom is 0.221 e. The molecule has 4 rings (SSSR count). The maximum atomic E-state index is 6.32. The smallest absolute Gasteiger partial charge is 0.221 e. The molecule has 3 heterocycles. The molecule has 154 valence electrons. The quantitative estimate of drug-likeness (QED) is 0.669. The minimum Gasteiger partial charge on any atom is -0.490 e. The summed E-state index contributed by atoms with van der Waals surface area (Å²) in [6.45, 7) is 6.56. The number of hydrogen-bond acceptors (Lipinski definition) is 7. The van der Waals surface area contributed by atoms with Crippen molar-refractivity contribution in [2.24, 2.45) is 0 Å². The Balaban J connectivity index is 1.85. The Morgan fingerprint density at radius 2 is 1.90 bits per heavy atom. The normalized spacial score (nSPS) is 14.4. The molecule has 4 N–H and O–H groups in total. The maximum absolute atomic E-state index is 6.32. The van der Waals surface area contributed by atoms with Gasteiger partial charge in [0.05, 0.1) is 6.61 Å². The Labute approximate surface area is 175 Å². The summed E-state index contributed by atoms with van der Waals surface area (Å²) >= 11 is 0. The van der Waals surface area contributed by atoms with E-state index in [-0.39, 0.29) is 5.95 Å². The van der Waals surface area contributed by atoms with Crippen molar-refractivity contribution in [3.8, 4) is 11.5 Å². The summed E-state index contributed by atoms with van der Waals surface area (Å²) in [6, 6.07) is 8.09. The molecular weight excluding hydrogens is 378 g/mol. The first-order valence-electron chi connectivity index (χ1n) is 9.85. The van der Waals surface area contributed by atoms with Crippen LogP contribution in [0.2, 0.25) is 0 Å². The molecule has 30 heavy (non-hydrogen) atoms. The van der Waals surface area contributed by atoms with Crippen molar-refractivity contribution in [2.45, 2.75) is 32.8 Å². The minimum absolute atomic E-state index is 0.162. The Morgan fingerprint density at radius 1 is 1.13 bits per heavy atom. The lowest BCUT2D eigenvalue weighted by atomic mass is 9.88. The topological polar surface area (TPSA) is 109 Å². The second kappa shape index (κ2) is 7.67. The number of hydrogen-bond donors (Lipinski definition) is 2. The molecule has 1 aromatic carbocycles. The predicted octanol–water partition coefficient (Wildman–Crippen LogP) is 3.63. The second-order valence-corrected chi connectivity index (χ2v) is 7.72. The monoisotopic (exact) mass is 403 g/mol. The number of nitrogens with zero attached hydrogens (tertiary/aromatic N) is 3. The number of anilines is 2. The number of pyridine rings is 1. The van der Waals surface area contributed by atoms with E-state index in [0.717, 1.165) is 33.6 Å². The molecule has 2 aromatic heterocycles. The molecular formula is C23H25N5O2. The van der Waals surface area contributed by atoms with Gasteiger partial charge in [-0.25, -0.2) is 4.98 Å². The van der Waals surface area contributed by atoms with Crippen LogP contribution in [0.15, 0.2) is 48.9 Å². The van der Waals surface area contributed by atoms with Crippen LogP contribution in [0.25, 0.3) is 5.57 Å². The Bertz CT molecular complexity index is 1110. The number of ether oxygens (including phenoxy) is 2. The van der Waals surface area contributed by atoms with Crippen LogP contribution in [0.1, 0.15) is 43.0 Å². The van der Waals surface area contributed by atoms with Crippen LogP contribution in [0.5, 0.6) is 11.5 Å². The summed E-state index contributed by atoms with van der Waals surface area (Å²) in [5.74, 6) is 1.98. The number of benzene rings is 1. The highest BCUT2D eigenvalue weighted by molar-refractivity contribution is 5.86. The molecule has 0 amide bonds. The first-order valence-corrected chi connectivity index (χ1v) is 9.85. The SMILES string of the molecule is CCOc1cc(Cc2cnc(N)nc2N)cc2c1OC(C)(C)C=C2c1ccncc1. The average Bonchev–Trinajstić information content (AvgIpc) is 2.71. The molecule has 1 aliphatic heterocycles. The number of rotatable bonds is 5. The molecule has 0 atom stereocenters. The highest BCUT2D eigenvalue weighted by Crippen LogP contribution is 2.45. The fourth-order valence-corrected chi connectivity index (χ4v) is 3.61. The fourth-order valence-electron chi connectivity index (χ4n) is 3.61. The summed E-state index contributed by atoms with van der Waals surface area (Å²) in [5, 5.41) is 0. The van der Waals surface area contributed by atoms with E-state index in [1.54, 1.807) is 18.6 Å². The Morgan fingerprint density at radius 3 is 2.60 bits per heavy atom. The van der Waals surface area contributed by atoms with E-state index >= 15 is 0 Å². The number of aromatic nitrogens is 3. The van der Waals surface area contributed by atoms with Gasteiger partial charge in [0.2, 0.25) is 5.95 Å². The van der Waals surface area contributed by atoms with Crippen LogP contribution < -0.4 is 20.9 Å². The molecule has 0 saturated heterocycles. The van der Waals surface area contributed by atoms with Gasteiger partial charge in [0.1, 0.15) is 11.4 Å². The van der Waals surface area contributed by atoms with Crippen molar-refractivity contribution >= 4 is 17.3 Å². The van der Waals surface area contributed by atoms with Gasteiger partial charge in [-0.2, -0.15) is 4.98 Å². The van der Waals surface area contributed by atoms with Crippen molar-refractivity contribution < 1.29 is 9.47 Å². The summed E-state index contributed by atoms with van der Waals surface area (Å²) in [5.41, 5.74) is 16.1. The fraction of sp³-hybridized carbons (Fsp3) is 0.261. The molecule has 7 heteroatoms. The molecule has 0 aliphatic carbocycles. The van der Waals surface area contributed by atoms with Gasteiger partial charge in [0, 0.05) is 36.1 Å². The summed E-state index contributed by atoms with van der Waals surface area (Å²) in [4.78, 5) is 12.3. The zero-order valence-electron chi connectivity index (χ0n) is 17.3. The predicted molar refractivity (Wildman–Crippen MR) is 117 cm³/mol. The lowest BCUT2D eigenvalue weighted by Crippen LogP contribution is -2.29. The lowest BCUT2D eigenvalue weighted by molar-refractivity contribution is 0.149. The van der Waals surface area contributed by atoms with Crippen LogP contribution in [0, 0.1) is 0 Å². The third-order valence-corrected chi connectivity index (χ3v) is 4.86. The van der Waals surface area contributed by atoms with Crippen molar-refractivity contribution in [3.05, 3.63) is 71.2 Å². The number of nitrogen functional groups attached to an aromatic ring is 2. The van der Waals surface area contributed by atoms with Crippen LogP contribution in [-0.2, 0) is 6.42 Å². The average molecular weight is 403 g/mol. The molecule has 0 saturated carbocycles. The van der Waals surface area contributed by atoms with Crippen LogP contribution in [0.4, 0.5) is 11.8 Å². The van der Waals surface area contributed by atoms with E-state index in [1.807, 2.05) is 39.0 Å². The van der Waals surface area contributed by atoms with Crippen LogP contribution in [-0.4, -0.2) is 27.2 Å². The van der Waals surface area contributed by atoms with Gasteiger partial charge in [-0.1, -0.05) is 0 Å². The van der Waals surface area contributed by atoms with Crippen molar-refractivity contribution in [1.29, 1.82) is 0 Å². The van der Waals surface area contributed by atoms with E-state index in [1.165, 1.54) is 0 Å². The summed E-state index contributed by atoms with van der Waals surface area (Å²) in [6.07, 6.45) is 7.92. The van der Waals surface area contributed by atoms with E-state index in [9.17, 15) is 0 Å². The van der Waals surface area contributed by atoms with Gasteiger partial charge in [-0.15, -0.1) is 0 Å². The summed E-state index contributed by atoms with van der Waals surface area (Å²) < 4.78 is 12.3. The molecule has 0 bridgehead atoms. The number of nitrogens with two attached hydrogens (primary N) is 2. The highest BCUT2D eigenvalue weighted by atomic mass is 16.5. The van der Waals surface area contributed by atoms with Crippen molar-refractivity contribution in [3.63, 3.8) is 0 Å². The van der Waals surface area contributed by atoms with Gasteiger partial charge >= 0.3 is 0 Å². The Kier molecular flexibility index (Phi) is 5.03. The van der Waals surface area contributed by atoms with Crippen LogP contribution >= 0.6 is 0 Å². The first-order chi connectivity index (χ1) is 14.4. The number of fused-ring (bicyclic) bond motifs is 1. The van der Waals surface area contributed by atoms with Gasteiger partial charge in [-0.05, 0) is 67.8 Å². The molecule has 0 spiro atoms. The van der Waals surface area contributed by atoms with Gasteiger partial charge < -0.3 is 20.9 Å². The van der Waals surface area contributed by atoms with Crippen molar-refractivity contribution in [1.82, 2.24) is 15.0 Å². The third kappa shape index (κ3) is 3.91. The molecule has 7 nitrogen and oxygen atoms in total. The molecule has 0 radical (unpaired) electrons. The first kappa shape index (κ1) is 19.7. The third-order valence-electron chi connectivity index (χ3n) is 4.86. The molecule has 0 unspecified atom stereocenters. The standard InChI is InChI=1S/C23H25N5O2/c1-4-29-19-11-14(9-16-13-27-22(25)28-21(16)24)10-17-18(15-5-7-26-8-6-15)12-23(2,3)30-20(17)19/h5-8,10-13H,4,9H2,1-3H3,(H4,24,25,27,28). The van der Waals surface area contributed by atoms with Crippen molar-refractivity contribution in [2.75, 3.05) is 18.1 Å². The van der Waals surface area contributed by atoms with E-state index in [0.29, 0.717) is 24.6 Å². The van der Waals surface area contributed by atoms with E-state index in [4.69, 9.17) is 20.9 Å². The summed E-state index contributed by atoms with van der Waals surface area (Å²) in [7, 11) is 0. The van der Waals surface area contributed by atoms with E-state index < -0.39 is 5.60 Å². The van der Waals surface area contributed by atoms with Gasteiger partial charge in [0.25, 0.3) is 0 Å². The lowest BCUT2D eigenvalue weighted by Gasteiger charge is -2.33. The second-order valence-electron chi connectivity index (χ2n) is 7.72. The molecule has 1 aliphatic rings. The molecule has 3 aromatic rings. The Hall–Kier alpha value is -3.61. The van der Waals surface area contributed by atoms with E-state index in [2.05, 4.69) is 27.1 Å². The van der Waals surface area contributed by atoms with Gasteiger partial charge in [-0.3, -0.25) is 4.98 Å². The minimum atomic E-state index is -0.478. The highest BCUT2D eigenvalue weighted by Gasteiger charge is 2.30. The largest absolute Gasteiger partial charge is 0.490 e. The van der Waals surface area contributed by atoms with Crippen LogP contribution in [0.3, 0.4) is 0 Å². The zero-order chi connectivity index (χ0) is 21.3. The molecule has 0 fully saturated rings. The zero-order valence-corrected chi connectivity index (χ0v) is 17.3. The van der Waals surface area contributed by atoms with Gasteiger partial charge in [0.15, 0.2) is 11.5 Å².